The minimum absolute atomic E-state index is 0.359. The summed E-state index contributed by atoms with van der Waals surface area (Å²) in [6.45, 7) is 0. The predicted molar refractivity (Wildman–Crippen MR) is 79.7 cm³/mol. The molecule has 1 aliphatic rings. The van der Waals surface area contributed by atoms with Crippen LogP contribution in [0.25, 0.3) is 15.5 Å². The maximum absolute atomic E-state index is 14.0. The number of hydrogen-bond donors (Lipinski definition) is 1. The highest BCUT2D eigenvalue weighted by atomic mass is 32.1. The molecule has 7 heteroatoms. The number of nitrogen functional groups attached to an aromatic ring is 1. The summed E-state index contributed by atoms with van der Waals surface area (Å²) < 4.78 is 15.8. The summed E-state index contributed by atoms with van der Waals surface area (Å²) in [7, 11) is 0. The molecule has 2 N–H and O–H groups in total. The van der Waals surface area contributed by atoms with Gasteiger partial charge >= 0.3 is 0 Å². The smallest absolute Gasteiger partial charge is 0.234 e. The van der Waals surface area contributed by atoms with Crippen LogP contribution in [0.1, 0.15) is 37.4 Å². The Morgan fingerprint density at radius 2 is 2.05 bits per heavy atom. The molecule has 1 fully saturated rings. The monoisotopic (exact) mass is 303 g/mol. The Hall–Kier alpha value is -2.02. The second-order valence-corrected chi connectivity index (χ2v) is 6.34. The SMILES string of the molecule is Nc1ccc(-c2nn3c(C4CCCC4)nnc3s2)c(F)c1. The van der Waals surface area contributed by atoms with Crippen LogP contribution in [-0.4, -0.2) is 19.8 Å². The molecule has 4 rings (SSSR count). The van der Waals surface area contributed by atoms with Gasteiger partial charge in [0.1, 0.15) is 5.82 Å². The first-order valence-electron chi connectivity index (χ1n) is 7.00. The van der Waals surface area contributed by atoms with E-state index in [2.05, 4.69) is 15.3 Å². The van der Waals surface area contributed by atoms with Crippen molar-refractivity contribution in [3.8, 4) is 10.6 Å². The second kappa shape index (κ2) is 4.77. The van der Waals surface area contributed by atoms with Gasteiger partial charge in [0.05, 0.1) is 0 Å². The second-order valence-electron chi connectivity index (χ2n) is 5.38. The average Bonchev–Trinajstić information content (AvgIpc) is 3.13. The minimum atomic E-state index is -0.359. The zero-order valence-corrected chi connectivity index (χ0v) is 12.1. The van der Waals surface area contributed by atoms with Crippen molar-refractivity contribution in [2.75, 3.05) is 5.73 Å². The lowest BCUT2D eigenvalue weighted by Crippen LogP contribution is -2.01. The summed E-state index contributed by atoms with van der Waals surface area (Å²) in [5.74, 6) is 0.967. The molecule has 108 valence electrons. The van der Waals surface area contributed by atoms with Crippen molar-refractivity contribution in [3.63, 3.8) is 0 Å². The zero-order chi connectivity index (χ0) is 14.4. The third kappa shape index (κ3) is 2.08. The fourth-order valence-electron chi connectivity index (χ4n) is 2.88. The highest BCUT2D eigenvalue weighted by molar-refractivity contribution is 7.19. The number of aromatic nitrogens is 4. The first kappa shape index (κ1) is 12.7. The molecule has 5 nitrogen and oxygen atoms in total. The molecular weight excluding hydrogens is 289 g/mol. The van der Waals surface area contributed by atoms with Crippen molar-refractivity contribution < 1.29 is 4.39 Å². The van der Waals surface area contributed by atoms with Gasteiger partial charge in [-0.3, -0.25) is 0 Å². The highest BCUT2D eigenvalue weighted by Gasteiger charge is 2.24. The van der Waals surface area contributed by atoms with Gasteiger partial charge < -0.3 is 5.73 Å². The van der Waals surface area contributed by atoms with Crippen molar-refractivity contribution in [2.24, 2.45) is 0 Å². The molecule has 1 aliphatic carbocycles. The maximum atomic E-state index is 14.0. The Morgan fingerprint density at radius 1 is 1.24 bits per heavy atom. The molecule has 21 heavy (non-hydrogen) atoms. The van der Waals surface area contributed by atoms with Gasteiger partial charge in [-0.1, -0.05) is 24.2 Å². The molecule has 0 atom stereocenters. The van der Waals surface area contributed by atoms with E-state index < -0.39 is 0 Å². The molecule has 0 bridgehead atoms. The maximum Gasteiger partial charge on any atom is 0.234 e. The third-order valence-electron chi connectivity index (χ3n) is 3.96. The minimum Gasteiger partial charge on any atom is -0.399 e. The molecular formula is C14H14FN5S. The van der Waals surface area contributed by atoms with Crippen molar-refractivity contribution in [3.05, 3.63) is 29.8 Å². The van der Waals surface area contributed by atoms with Crippen LogP contribution in [0.2, 0.25) is 0 Å². The molecule has 0 saturated heterocycles. The van der Waals surface area contributed by atoms with Gasteiger partial charge in [-0.05, 0) is 31.0 Å². The first-order chi connectivity index (χ1) is 10.2. The molecule has 2 heterocycles. The molecule has 0 spiro atoms. The van der Waals surface area contributed by atoms with Crippen LogP contribution < -0.4 is 5.73 Å². The van der Waals surface area contributed by atoms with Crippen molar-refractivity contribution in [1.29, 1.82) is 0 Å². The number of fused-ring (bicyclic) bond motifs is 1. The number of halogens is 1. The van der Waals surface area contributed by atoms with Crippen LogP contribution in [-0.2, 0) is 0 Å². The average molecular weight is 303 g/mol. The predicted octanol–water partition coefficient (Wildman–Crippen LogP) is 3.23. The summed E-state index contributed by atoms with van der Waals surface area (Å²) in [4.78, 5) is 0.711. The third-order valence-corrected chi connectivity index (χ3v) is 4.89. The van der Waals surface area contributed by atoms with Gasteiger partial charge in [-0.2, -0.15) is 9.61 Å². The lowest BCUT2D eigenvalue weighted by molar-refractivity contribution is 0.629. The van der Waals surface area contributed by atoms with Crippen LogP contribution >= 0.6 is 11.3 Å². The van der Waals surface area contributed by atoms with Gasteiger partial charge in [-0.25, -0.2) is 4.39 Å². The molecule has 0 radical (unpaired) electrons. The molecule has 2 aromatic heterocycles. The van der Waals surface area contributed by atoms with Crippen LogP contribution in [0, 0.1) is 5.82 Å². The van der Waals surface area contributed by atoms with Gasteiger partial charge in [0, 0.05) is 17.2 Å². The fourth-order valence-corrected chi connectivity index (χ4v) is 3.76. The number of anilines is 1. The van der Waals surface area contributed by atoms with E-state index in [4.69, 9.17) is 5.73 Å². The summed E-state index contributed by atoms with van der Waals surface area (Å²) in [5, 5.41) is 13.5. The molecule has 0 unspecified atom stereocenters. The Bertz CT molecular complexity index is 803. The van der Waals surface area contributed by atoms with E-state index in [9.17, 15) is 4.39 Å². The number of nitrogens with zero attached hydrogens (tertiary/aromatic N) is 4. The Morgan fingerprint density at radius 3 is 2.81 bits per heavy atom. The molecule has 1 aromatic carbocycles. The zero-order valence-electron chi connectivity index (χ0n) is 11.3. The van der Waals surface area contributed by atoms with Gasteiger partial charge in [0.15, 0.2) is 10.8 Å². The van der Waals surface area contributed by atoms with Crippen LogP contribution in [0.15, 0.2) is 18.2 Å². The molecule has 0 amide bonds. The van der Waals surface area contributed by atoms with E-state index in [1.807, 2.05) is 0 Å². The summed E-state index contributed by atoms with van der Waals surface area (Å²) >= 11 is 1.35. The largest absolute Gasteiger partial charge is 0.399 e. The standard InChI is InChI=1S/C14H14FN5S/c15-11-7-9(16)5-6-10(11)13-19-20-12(8-3-1-2-4-8)17-18-14(20)21-13/h5-8H,1-4,16H2. The molecule has 1 saturated carbocycles. The van der Waals surface area contributed by atoms with Crippen LogP contribution in [0.4, 0.5) is 10.1 Å². The number of nitrogens with two attached hydrogens (primary N) is 1. The highest BCUT2D eigenvalue weighted by Crippen LogP contribution is 2.35. The first-order valence-corrected chi connectivity index (χ1v) is 7.81. The van der Waals surface area contributed by atoms with E-state index in [1.54, 1.807) is 16.6 Å². The summed E-state index contributed by atoms with van der Waals surface area (Å²) in [6.07, 6.45) is 4.71. The van der Waals surface area contributed by atoms with Crippen molar-refractivity contribution in [1.82, 2.24) is 19.8 Å². The van der Waals surface area contributed by atoms with Gasteiger partial charge in [0.2, 0.25) is 4.96 Å². The molecule has 0 aliphatic heterocycles. The summed E-state index contributed by atoms with van der Waals surface area (Å²) in [6, 6.07) is 4.65. The fraction of sp³-hybridized carbons (Fsp3) is 0.357. The van der Waals surface area contributed by atoms with Gasteiger partial charge in [0.25, 0.3) is 0 Å². The lowest BCUT2D eigenvalue weighted by atomic mass is 10.1. The van der Waals surface area contributed by atoms with Crippen LogP contribution in [0.3, 0.4) is 0 Å². The Kier molecular flexibility index (Phi) is 2.88. The van der Waals surface area contributed by atoms with Crippen molar-refractivity contribution in [2.45, 2.75) is 31.6 Å². The summed E-state index contributed by atoms with van der Waals surface area (Å²) in [5.41, 5.74) is 6.45. The quantitative estimate of drug-likeness (QED) is 0.738. The van der Waals surface area contributed by atoms with E-state index in [0.717, 1.165) is 18.7 Å². The van der Waals surface area contributed by atoms with Gasteiger partial charge in [-0.15, -0.1) is 10.2 Å². The van der Waals surface area contributed by atoms with E-state index in [-0.39, 0.29) is 5.82 Å². The topological polar surface area (TPSA) is 69.1 Å². The van der Waals surface area contributed by atoms with E-state index >= 15 is 0 Å². The lowest BCUT2D eigenvalue weighted by Gasteiger charge is -2.03. The Balaban J connectivity index is 1.80. The normalized spacial score (nSPS) is 16.0. The number of rotatable bonds is 2. The molecule has 3 aromatic rings. The van der Waals surface area contributed by atoms with Crippen LogP contribution in [0.5, 0.6) is 0 Å². The Labute approximate surface area is 124 Å². The van der Waals surface area contributed by atoms with E-state index in [1.165, 1.54) is 30.2 Å². The number of benzene rings is 1. The van der Waals surface area contributed by atoms with E-state index in [0.29, 0.717) is 27.1 Å². The number of hydrogen-bond acceptors (Lipinski definition) is 5. The van der Waals surface area contributed by atoms with Crippen molar-refractivity contribution >= 4 is 22.0 Å².